The molecule has 3 aromatic rings. The van der Waals surface area contributed by atoms with Gasteiger partial charge in [0, 0.05) is 29.8 Å². The summed E-state index contributed by atoms with van der Waals surface area (Å²) in [5, 5.41) is 0. The van der Waals surface area contributed by atoms with Gasteiger partial charge in [-0.2, -0.15) is 0 Å². The molecule has 2 aliphatic rings. The number of rotatable bonds is 4. The second-order valence-electron chi connectivity index (χ2n) is 7.22. The number of aromatic nitrogens is 1. The maximum absolute atomic E-state index is 12.5. The summed E-state index contributed by atoms with van der Waals surface area (Å²) < 4.78 is 18.4. The van der Waals surface area contributed by atoms with Crippen LogP contribution >= 0.6 is 0 Å². The summed E-state index contributed by atoms with van der Waals surface area (Å²) in [5.74, 6) is 0.776. The molecule has 0 atom stereocenters. The third-order valence-electron chi connectivity index (χ3n) is 5.41. The Kier molecular flexibility index (Phi) is 4.43. The van der Waals surface area contributed by atoms with Gasteiger partial charge in [-0.3, -0.25) is 9.47 Å². The van der Waals surface area contributed by atoms with E-state index >= 15 is 0 Å². The first-order valence-electron chi connectivity index (χ1n) is 9.73. The zero-order chi connectivity index (χ0) is 20.7. The molecule has 5 rings (SSSR count). The minimum Gasteiger partial charge on any atom is -0.489 e. The molecule has 2 aliphatic heterocycles. The zero-order valence-corrected chi connectivity index (χ0v) is 16.4. The first-order valence-corrected chi connectivity index (χ1v) is 9.73. The second-order valence-corrected chi connectivity index (χ2v) is 7.22. The van der Waals surface area contributed by atoms with Crippen molar-refractivity contribution in [3.63, 3.8) is 0 Å². The summed E-state index contributed by atoms with van der Waals surface area (Å²) in [6.45, 7) is 1.54. The highest BCUT2D eigenvalue weighted by molar-refractivity contribution is 5.89. The molecule has 7 nitrogen and oxygen atoms in total. The largest absolute Gasteiger partial charge is 0.489 e. The quantitative estimate of drug-likeness (QED) is 0.674. The highest BCUT2D eigenvalue weighted by Gasteiger charge is 2.29. The number of fused-ring (bicyclic) bond motifs is 5. The lowest BCUT2D eigenvalue weighted by Crippen LogP contribution is -2.28. The van der Waals surface area contributed by atoms with Gasteiger partial charge in [0.25, 0.3) is 0 Å². The van der Waals surface area contributed by atoms with Gasteiger partial charge in [-0.1, -0.05) is 30.3 Å². The number of benzene rings is 2. The van der Waals surface area contributed by atoms with Crippen molar-refractivity contribution >= 4 is 5.97 Å². The number of hydrogen-bond acceptors (Lipinski definition) is 6. The van der Waals surface area contributed by atoms with Crippen LogP contribution < -0.4 is 20.3 Å². The van der Waals surface area contributed by atoms with Crippen molar-refractivity contribution < 1.29 is 19.0 Å². The standard InChI is InChI=1S/C23H20N2O5/c1-28-23(27)17-12-25-18(10-19(17)26)21-15(11-24-25)9-20(22-16(21)7-8-29-22)30-13-14-5-3-2-4-6-14/h2-6,9-10,12,24H,7-8,11,13H2,1H3. The Balaban J connectivity index is 1.57. The number of carbonyl (C=O) groups excluding carboxylic acids is 1. The van der Waals surface area contributed by atoms with Crippen molar-refractivity contribution in [3.8, 4) is 22.8 Å². The van der Waals surface area contributed by atoms with Gasteiger partial charge in [0.2, 0.25) is 0 Å². The molecule has 0 radical (unpaired) electrons. The topological polar surface area (TPSA) is 78.8 Å². The summed E-state index contributed by atoms with van der Waals surface area (Å²) >= 11 is 0. The molecule has 0 unspecified atom stereocenters. The predicted molar refractivity (Wildman–Crippen MR) is 111 cm³/mol. The fourth-order valence-corrected chi connectivity index (χ4v) is 4.00. The minimum absolute atomic E-state index is 0.00656. The molecule has 30 heavy (non-hydrogen) atoms. The summed E-state index contributed by atoms with van der Waals surface area (Å²) in [4.78, 5) is 24.4. The van der Waals surface area contributed by atoms with Gasteiger partial charge >= 0.3 is 5.97 Å². The molecule has 0 saturated carbocycles. The predicted octanol–water partition coefficient (Wildman–Crippen LogP) is 2.87. The summed E-state index contributed by atoms with van der Waals surface area (Å²) in [6, 6.07) is 13.4. The first-order chi connectivity index (χ1) is 14.7. The number of hydrogen-bond donors (Lipinski definition) is 1. The van der Waals surface area contributed by atoms with Crippen molar-refractivity contribution in [1.82, 2.24) is 4.68 Å². The highest BCUT2D eigenvalue weighted by Crippen LogP contribution is 2.45. The van der Waals surface area contributed by atoms with Crippen molar-refractivity contribution in [2.45, 2.75) is 19.6 Å². The minimum atomic E-state index is -0.652. The number of ether oxygens (including phenoxy) is 3. The zero-order valence-electron chi connectivity index (χ0n) is 16.4. The Labute approximate surface area is 172 Å². The molecule has 0 aliphatic carbocycles. The Morgan fingerprint density at radius 3 is 2.87 bits per heavy atom. The van der Waals surface area contributed by atoms with E-state index < -0.39 is 5.97 Å². The van der Waals surface area contributed by atoms with E-state index in [4.69, 9.17) is 14.2 Å². The molecule has 0 spiro atoms. The van der Waals surface area contributed by atoms with Crippen molar-refractivity contribution in [2.24, 2.45) is 0 Å². The number of methoxy groups -OCH3 is 1. The smallest absolute Gasteiger partial charge is 0.343 e. The van der Waals surface area contributed by atoms with Gasteiger partial charge in [-0.25, -0.2) is 4.79 Å². The van der Waals surface area contributed by atoms with Gasteiger partial charge < -0.3 is 19.6 Å². The summed E-state index contributed by atoms with van der Waals surface area (Å²) in [7, 11) is 1.26. The fourth-order valence-electron chi connectivity index (χ4n) is 4.00. The van der Waals surface area contributed by atoms with E-state index in [-0.39, 0.29) is 11.0 Å². The van der Waals surface area contributed by atoms with Crippen LogP contribution in [0.5, 0.6) is 11.5 Å². The third-order valence-corrected chi connectivity index (χ3v) is 5.41. The van der Waals surface area contributed by atoms with Gasteiger partial charge in [0.15, 0.2) is 16.9 Å². The number of nitrogens with zero attached hydrogens (tertiary/aromatic N) is 1. The fraction of sp³-hybridized carbons (Fsp3) is 0.217. The van der Waals surface area contributed by atoms with Gasteiger partial charge in [0.05, 0.1) is 26.0 Å². The maximum Gasteiger partial charge on any atom is 0.343 e. The molecular formula is C23H20N2O5. The molecule has 1 N–H and O–H groups in total. The van der Waals surface area contributed by atoms with Crippen LogP contribution in [0.15, 0.2) is 53.5 Å². The lowest BCUT2D eigenvalue weighted by Gasteiger charge is -2.27. The first kappa shape index (κ1) is 18.3. The molecule has 0 bridgehead atoms. The second kappa shape index (κ2) is 7.26. The Bertz CT molecular complexity index is 1200. The van der Waals surface area contributed by atoms with Crippen LogP contribution in [0.3, 0.4) is 0 Å². The average Bonchev–Trinajstić information content (AvgIpc) is 3.27. The van der Waals surface area contributed by atoms with Crippen LogP contribution in [-0.2, 0) is 24.3 Å². The van der Waals surface area contributed by atoms with Crippen molar-refractivity contribution in [3.05, 3.63) is 81.1 Å². The summed E-state index contributed by atoms with van der Waals surface area (Å²) in [6.07, 6.45) is 2.22. The van der Waals surface area contributed by atoms with Crippen LogP contribution in [-0.4, -0.2) is 24.4 Å². The van der Waals surface area contributed by atoms with Crippen molar-refractivity contribution in [2.75, 3.05) is 19.1 Å². The number of nitrogens with one attached hydrogen (secondary N) is 1. The van der Waals surface area contributed by atoms with E-state index in [2.05, 4.69) is 5.43 Å². The molecular weight excluding hydrogens is 384 g/mol. The Hall–Kier alpha value is -3.74. The molecule has 0 fully saturated rings. The van der Waals surface area contributed by atoms with Gasteiger partial charge in [-0.05, 0) is 17.2 Å². The molecule has 1 aromatic heterocycles. The van der Waals surface area contributed by atoms with E-state index in [1.54, 1.807) is 4.68 Å². The number of esters is 1. The van der Waals surface area contributed by atoms with E-state index in [0.717, 1.165) is 34.4 Å². The lowest BCUT2D eigenvalue weighted by molar-refractivity contribution is 0.0598. The molecule has 3 heterocycles. The monoisotopic (exact) mass is 404 g/mol. The van der Waals surface area contributed by atoms with E-state index in [0.29, 0.717) is 31.2 Å². The van der Waals surface area contributed by atoms with E-state index in [9.17, 15) is 9.59 Å². The van der Waals surface area contributed by atoms with Gasteiger partial charge in [-0.15, -0.1) is 0 Å². The van der Waals surface area contributed by atoms with Crippen LogP contribution in [0.25, 0.3) is 11.3 Å². The van der Waals surface area contributed by atoms with Crippen LogP contribution in [0, 0.1) is 0 Å². The molecule has 7 heteroatoms. The van der Waals surface area contributed by atoms with Crippen LogP contribution in [0.2, 0.25) is 0 Å². The normalized spacial score (nSPS) is 13.4. The third kappa shape index (κ3) is 2.99. The molecule has 0 amide bonds. The SMILES string of the molecule is COC(=O)c1cn2c(cc1=O)-c1c(cc(OCc3ccccc3)c3c1CCO3)CN2. The maximum atomic E-state index is 12.5. The highest BCUT2D eigenvalue weighted by atomic mass is 16.5. The molecule has 2 aromatic carbocycles. The van der Waals surface area contributed by atoms with Crippen LogP contribution in [0.1, 0.15) is 27.0 Å². The van der Waals surface area contributed by atoms with Gasteiger partial charge in [0.1, 0.15) is 12.2 Å². The Morgan fingerprint density at radius 1 is 1.23 bits per heavy atom. The average molecular weight is 404 g/mol. The molecule has 152 valence electrons. The van der Waals surface area contributed by atoms with Crippen molar-refractivity contribution in [1.29, 1.82) is 0 Å². The van der Waals surface area contributed by atoms with Crippen LogP contribution in [0.4, 0.5) is 0 Å². The van der Waals surface area contributed by atoms with E-state index in [1.807, 2.05) is 36.4 Å². The lowest BCUT2D eigenvalue weighted by atomic mass is 9.93. The summed E-state index contributed by atoms with van der Waals surface area (Å²) in [5.41, 5.74) is 7.63. The van der Waals surface area contributed by atoms with E-state index in [1.165, 1.54) is 19.4 Å². The molecule has 0 saturated heterocycles. The number of carbonyl (C=O) groups is 1. The number of pyridine rings is 1. The Morgan fingerprint density at radius 2 is 2.07 bits per heavy atom.